The van der Waals surface area contributed by atoms with Crippen LogP contribution in [-0.4, -0.2) is 21.5 Å². The molecule has 3 aromatic rings. The van der Waals surface area contributed by atoms with Gasteiger partial charge in [0.2, 0.25) is 5.88 Å². The van der Waals surface area contributed by atoms with Gasteiger partial charge in [-0.1, -0.05) is 18.2 Å². The fourth-order valence-electron chi connectivity index (χ4n) is 2.17. The van der Waals surface area contributed by atoms with E-state index in [1.165, 1.54) is 6.33 Å². The van der Waals surface area contributed by atoms with E-state index in [1.54, 1.807) is 0 Å². The second kappa shape index (κ2) is 5.85. The number of hydrogen-bond donors (Lipinski definition) is 2. The Morgan fingerprint density at radius 1 is 1.18 bits per heavy atom. The van der Waals surface area contributed by atoms with Crippen LogP contribution in [0.1, 0.15) is 12.6 Å². The maximum Gasteiger partial charge on any atom is 0.248 e. The Bertz CT molecular complexity index is 819. The number of nitrogen functional groups attached to an aromatic ring is 1. The first kappa shape index (κ1) is 14.1. The van der Waals surface area contributed by atoms with Gasteiger partial charge in [-0.05, 0) is 26.0 Å². The molecular weight excluding hydrogens is 278 g/mol. The average molecular weight is 295 g/mol. The van der Waals surface area contributed by atoms with Crippen LogP contribution in [0.5, 0.6) is 11.6 Å². The Kier molecular flexibility index (Phi) is 3.74. The number of nitrogens with one attached hydrogen (secondary N) is 1. The zero-order chi connectivity index (χ0) is 15.5. The van der Waals surface area contributed by atoms with Crippen molar-refractivity contribution >= 4 is 22.4 Å². The number of anilines is 2. The van der Waals surface area contributed by atoms with Crippen molar-refractivity contribution in [1.29, 1.82) is 0 Å². The predicted octanol–water partition coefficient (Wildman–Crippen LogP) is 3.14. The summed E-state index contributed by atoms with van der Waals surface area (Å²) in [5, 5.41) is 4.08. The Hall–Kier alpha value is -2.89. The molecule has 0 saturated heterocycles. The van der Waals surface area contributed by atoms with Gasteiger partial charge in [0.1, 0.15) is 17.5 Å². The second-order valence-corrected chi connectivity index (χ2v) is 4.85. The largest absolute Gasteiger partial charge is 0.435 e. The first-order valence-corrected chi connectivity index (χ1v) is 7.07. The highest BCUT2D eigenvalue weighted by molar-refractivity contribution is 5.85. The maximum absolute atomic E-state index is 6.06. The van der Waals surface area contributed by atoms with E-state index in [0.717, 1.165) is 23.1 Å². The monoisotopic (exact) mass is 295 g/mol. The van der Waals surface area contributed by atoms with Gasteiger partial charge in [-0.3, -0.25) is 0 Å². The fourth-order valence-corrected chi connectivity index (χ4v) is 2.17. The SMILES string of the molecule is CCNc1ncnc(Oc2cccc3ccc(C)nc23)c1N. The summed E-state index contributed by atoms with van der Waals surface area (Å²) in [6.07, 6.45) is 1.42. The molecule has 1 aromatic carbocycles. The van der Waals surface area contributed by atoms with Crippen LogP contribution >= 0.6 is 0 Å². The number of benzene rings is 1. The van der Waals surface area contributed by atoms with Crippen molar-refractivity contribution in [1.82, 2.24) is 15.0 Å². The molecule has 0 radical (unpaired) electrons. The highest BCUT2D eigenvalue weighted by Crippen LogP contribution is 2.32. The molecule has 0 bridgehead atoms. The molecule has 0 amide bonds. The van der Waals surface area contributed by atoms with Crippen molar-refractivity contribution in [2.24, 2.45) is 0 Å². The van der Waals surface area contributed by atoms with E-state index in [4.69, 9.17) is 10.5 Å². The van der Waals surface area contributed by atoms with Crippen LogP contribution in [0.3, 0.4) is 0 Å². The number of nitrogens with zero attached hydrogens (tertiary/aromatic N) is 3. The molecule has 3 rings (SSSR count). The van der Waals surface area contributed by atoms with Crippen molar-refractivity contribution in [3.05, 3.63) is 42.4 Å². The van der Waals surface area contributed by atoms with E-state index >= 15 is 0 Å². The highest BCUT2D eigenvalue weighted by Gasteiger charge is 2.12. The lowest BCUT2D eigenvalue weighted by Gasteiger charge is -2.12. The zero-order valence-corrected chi connectivity index (χ0v) is 12.5. The molecule has 22 heavy (non-hydrogen) atoms. The van der Waals surface area contributed by atoms with Gasteiger partial charge in [0, 0.05) is 17.6 Å². The topological polar surface area (TPSA) is 86.0 Å². The third kappa shape index (κ3) is 2.63. The number of fused-ring (bicyclic) bond motifs is 1. The van der Waals surface area contributed by atoms with Gasteiger partial charge in [-0.25, -0.2) is 9.97 Å². The van der Waals surface area contributed by atoms with Gasteiger partial charge < -0.3 is 15.8 Å². The second-order valence-electron chi connectivity index (χ2n) is 4.85. The summed E-state index contributed by atoms with van der Waals surface area (Å²) in [6.45, 7) is 4.63. The lowest BCUT2D eigenvalue weighted by molar-refractivity contribution is 0.468. The van der Waals surface area contributed by atoms with Crippen LogP contribution in [0, 0.1) is 6.92 Å². The number of pyridine rings is 1. The molecule has 0 unspecified atom stereocenters. The van der Waals surface area contributed by atoms with Crippen LogP contribution in [0.15, 0.2) is 36.7 Å². The van der Waals surface area contributed by atoms with Gasteiger partial charge in [-0.15, -0.1) is 0 Å². The van der Waals surface area contributed by atoms with Crippen molar-refractivity contribution < 1.29 is 4.74 Å². The van der Waals surface area contributed by atoms with Crippen LogP contribution in [0.2, 0.25) is 0 Å². The zero-order valence-electron chi connectivity index (χ0n) is 12.5. The highest BCUT2D eigenvalue weighted by atomic mass is 16.5. The summed E-state index contributed by atoms with van der Waals surface area (Å²) in [7, 11) is 0. The smallest absolute Gasteiger partial charge is 0.248 e. The molecule has 0 saturated carbocycles. The fraction of sp³-hybridized carbons (Fsp3) is 0.188. The van der Waals surface area contributed by atoms with Crippen LogP contribution < -0.4 is 15.8 Å². The molecule has 0 aliphatic heterocycles. The van der Waals surface area contributed by atoms with Gasteiger partial charge in [0.05, 0.1) is 0 Å². The molecule has 0 aliphatic rings. The molecule has 6 nitrogen and oxygen atoms in total. The lowest BCUT2D eigenvalue weighted by Crippen LogP contribution is -2.06. The van der Waals surface area contributed by atoms with Crippen LogP contribution in [0.25, 0.3) is 10.9 Å². The minimum Gasteiger partial charge on any atom is -0.435 e. The van der Waals surface area contributed by atoms with E-state index in [-0.39, 0.29) is 0 Å². The lowest BCUT2D eigenvalue weighted by atomic mass is 10.2. The average Bonchev–Trinajstić information content (AvgIpc) is 2.52. The Morgan fingerprint density at radius 2 is 2.05 bits per heavy atom. The summed E-state index contributed by atoms with van der Waals surface area (Å²) >= 11 is 0. The number of hydrogen-bond acceptors (Lipinski definition) is 6. The quantitative estimate of drug-likeness (QED) is 0.769. The van der Waals surface area contributed by atoms with E-state index in [9.17, 15) is 0 Å². The van der Waals surface area contributed by atoms with Gasteiger partial charge in [0.15, 0.2) is 11.6 Å². The van der Waals surface area contributed by atoms with Crippen molar-refractivity contribution in [3.8, 4) is 11.6 Å². The predicted molar refractivity (Wildman–Crippen MR) is 87.2 cm³/mol. The normalized spacial score (nSPS) is 10.6. The minimum absolute atomic E-state index is 0.321. The molecular formula is C16H17N5O. The Labute approximate surface area is 128 Å². The first-order valence-electron chi connectivity index (χ1n) is 7.07. The van der Waals surface area contributed by atoms with Crippen molar-refractivity contribution in [2.75, 3.05) is 17.6 Å². The van der Waals surface area contributed by atoms with Gasteiger partial charge in [-0.2, -0.15) is 4.98 Å². The molecule has 112 valence electrons. The number of nitrogens with two attached hydrogens (primary N) is 1. The number of para-hydroxylation sites is 1. The maximum atomic E-state index is 6.06. The van der Waals surface area contributed by atoms with Crippen molar-refractivity contribution in [2.45, 2.75) is 13.8 Å². The molecule has 0 spiro atoms. The summed E-state index contributed by atoms with van der Waals surface area (Å²) < 4.78 is 5.89. The van der Waals surface area contributed by atoms with Crippen LogP contribution in [0.4, 0.5) is 11.5 Å². The number of aromatic nitrogens is 3. The summed E-state index contributed by atoms with van der Waals surface area (Å²) in [6, 6.07) is 9.73. The van der Waals surface area contributed by atoms with Gasteiger partial charge in [0.25, 0.3) is 0 Å². The van der Waals surface area contributed by atoms with E-state index < -0.39 is 0 Å². The standard InChI is InChI=1S/C16H17N5O/c1-3-18-15-13(17)16(20-9-19-15)22-12-6-4-5-11-8-7-10(2)21-14(11)12/h4-9H,3,17H2,1-2H3,(H,18,19,20). The minimum atomic E-state index is 0.321. The van der Waals surface area contributed by atoms with E-state index in [2.05, 4.69) is 20.3 Å². The molecule has 2 heterocycles. The van der Waals surface area contributed by atoms with Gasteiger partial charge >= 0.3 is 0 Å². The first-order chi connectivity index (χ1) is 10.7. The third-order valence-electron chi connectivity index (χ3n) is 3.22. The summed E-state index contributed by atoms with van der Waals surface area (Å²) in [4.78, 5) is 12.8. The molecule has 6 heteroatoms. The number of ether oxygens (including phenoxy) is 1. The Balaban J connectivity index is 2.03. The summed E-state index contributed by atoms with van der Waals surface area (Å²) in [5.74, 6) is 1.51. The number of rotatable bonds is 4. The molecule has 0 fully saturated rings. The molecule has 0 aliphatic carbocycles. The number of aryl methyl sites for hydroxylation is 1. The van der Waals surface area contributed by atoms with E-state index in [0.29, 0.717) is 23.1 Å². The molecule has 3 N–H and O–H groups in total. The Morgan fingerprint density at radius 3 is 2.86 bits per heavy atom. The third-order valence-corrected chi connectivity index (χ3v) is 3.22. The van der Waals surface area contributed by atoms with E-state index in [1.807, 2.05) is 44.2 Å². The summed E-state index contributed by atoms with van der Waals surface area (Å²) in [5.41, 5.74) is 8.15. The van der Waals surface area contributed by atoms with Crippen molar-refractivity contribution in [3.63, 3.8) is 0 Å². The van der Waals surface area contributed by atoms with Crippen LogP contribution in [-0.2, 0) is 0 Å². The molecule has 2 aromatic heterocycles. The molecule has 0 atom stereocenters.